The van der Waals surface area contributed by atoms with Crippen molar-refractivity contribution in [1.82, 2.24) is 19.6 Å². The van der Waals surface area contributed by atoms with Gasteiger partial charge in [-0.3, -0.25) is 9.36 Å². The van der Waals surface area contributed by atoms with Gasteiger partial charge in [-0.15, -0.1) is 12.4 Å². The molecule has 16 heavy (non-hydrogen) atoms. The highest BCUT2D eigenvalue weighted by Crippen LogP contribution is 2.06. The van der Waals surface area contributed by atoms with Gasteiger partial charge in [0, 0.05) is 26.0 Å². The number of nitrogens with zero attached hydrogens (tertiary/aromatic N) is 4. The van der Waals surface area contributed by atoms with Crippen LogP contribution in [0, 0.1) is 0 Å². The van der Waals surface area contributed by atoms with Crippen molar-refractivity contribution in [3.63, 3.8) is 0 Å². The summed E-state index contributed by atoms with van der Waals surface area (Å²) in [5.74, 6) is 0. The molecule has 0 saturated carbocycles. The second kappa shape index (κ2) is 5.55. The van der Waals surface area contributed by atoms with E-state index in [9.17, 15) is 0 Å². The molecule has 0 amide bonds. The van der Waals surface area contributed by atoms with E-state index in [0.29, 0.717) is 0 Å². The maximum atomic E-state index is 4.21. The Labute approximate surface area is 101 Å². The minimum Gasteiger partial charge on any atom is -0.377 e. The first kappa shape index (κ1) is 12.6. The third-order valence-corrected chi connectivity index (χ3v) is 2.28. The molecule has 5 nitrogen and oxygen atoms in total. The molecule has 0 saturated heterocycles. The Morgan fingerprint density at radius 1 is 1.38 bits per heavy atom. The normalized spacial score (nSPS) is 9.88. The lowest BCUT2D eigenvalue weighted by Crippen LogP contribution is -2.07. The van der Waals surface area contributed by atoms with Crippen molar-refractivity contribution < 1.29 is 0 Å². The van der Waals surface area contributed by atoms with E-state index >= 15 is 0 Å². The molecule has 2 aromatic rings. The van der Waals surface area contributed by atoms with Gasteiger partial charge in [0.05, 0.1) is 24.1 Å². The van der Waals surface area contributed by atoms with Gasteiger partial charge in [-0.1, -0.05) is 0 Å². The number of hydrogen-bond acceptors (Lipinski definition) is 3. The third-order valence-electron chi connectivity index (χ3n) is 2.28. The molecule has 88 valence electrons. The second-order valence-corrected chi connectivity index (χ2v) is 3.39. The van der Waals surface area contributed by atoms with Crippen LogP contribution in [0.4, 0.5) is 5.69 Å². The van der Waals surface area contributed by atoms with Crippen molar-refractivity contribution in [1.29, 1.82) is 0 Å². The number of anilines is 1. The van der Waals surface area contributed by atoms with E-state index in [0.717, 1.165) is 18.8 Å². The number of aromatic nitrogens is 4. The van der Waals surface area contributed by atoms with Crippen molar-refractivity contribution in [2.75, 3.05) is 5.32 Å². The summed E-state index contributed by atoms with van der Waals surface area (Å²) >= 11 is 0. The molecule has 0 unspecified atom stereocenters. The lowest BCUT2D eigenvalue weighted by Gasteiger charge is -2.05. The molecule has 0 aliphatic rings. The Kier molecular flexibility index (Phi) is 4.37. The first-order valence-electron chi connectivity index (χ1n) is 5.03. The number of aryl methyl sites for hydroxylation is 2. The zero-order valence-corrected chi connectivity index (χ0v) is 10.2. The minimum absolute atomic E-state index is 0. The van der Waals surface area contributed by atoms with Gasteiger partial charge in [-0.2, -0.15) is 10.2 Å². The van der Waals surface area contributed by atoms with Gasteiger partial charge in [0.1, 0.15) is 0 Å². The molecule has 0 aliphatic carbocycles. The van der Waals surface area contributed by atoms with Gasteiger partial charge in [-0.25, -0.2) is 0 Å². The summed E-state index contributed by atoms with van der Waals surface area (Å²) < 4.78 is 3.75. The minimum atomic E-state index is 0. The van der Waals surface area contributed by atoms with E-state index in [1.54, 1.807) is 4.68 Å². The Morgan fingerprint density at radius 2 is 2.19 bits per heavy atom. The largest absolute Gasteiger partial charge is 0.377 e. The summed E-state index contributed by atoms with van der Waals surface area (Å²) in [5.41, 5.74) is 2.21. The van der Waals surface area contributed by atoms with E-state index in [4.69, 9.17) is 0 Å². The SMILES string of the molecule is CCn1nccc1CNc1cnn(C)c1.Cl. The van der Waals surface area contributed by atoms with Crippen LogP contribution in [0.1, 0.15) is 12.6 Å². The quantitative estimate of drug-likeness (QED) is 0.886. The van der Waals surface area contributed by atoms with E-state index < -0.39 is 0 Å². The monoisotopic (exact) mass is 241 g/mol. The fourth-order valence-corrected chi connectivity index (χ4v) is 1.50. The predicted molar refractivity (Wildman–Crippen MR) is 65.7 cm³/mol. The molecule has 1 N–H and O–H groups in total. The standard InChI is InChI=1S/C10H15N5.ClH/c1-3-15-10(4-5-12-15)7-11-9-6-13-14(2)8-9;/h4-6,8,11H,3,7H2,1-2H3;1H. The van der Waals surface area contributed by atoms with Gasteiger partial charge < -0.3 is 5.32 Å². The number of nitrogens with one attached hydrogen (secondary N) is 1. The smallest absolute Gasteiger partial charge is 0.0729 e. The topological polar surface area (TPSA) is 47.7 Å². The highest BCUT2D eigenvalue weighted by Gasteiger charge is 2.00. The van der Waals surface area contributed by atoms with Crippen molar-refractivity contribution in [3.8, 4) is 0 Å². The molecular formula is C10H16ClN5. The molecule has 0 spiro atoms. The molecule has 0 radical (unpaired) electrons. The Bertz CT molecular complexity index is 434. The number of halogens is 1. The van der Waals surface area contributed by atoms with Crippen LogP contribution < -0.4 is 5.32 Å². The maximum absolute atomic E-state index is 4.21. The maximum Gasteiger partial charge on any atom is 0.0729 e. The Balaban J connectivity index is 0.00000128. The summed E-state index contributed by atoms with van der Waals surface area (Å²) in [6.45, 7) is 3.76. The van der Waals surface area contributed by atoms with Crippen LogP contribution in [0.5, 0.6) is 0 Å². The number of hydrogen-bond donors (Lipinski definition) is 1. The summed E-state index contributed by atoms with van der Waals surface area (Å²) in [5, 5.41) is 11.6. The van der Waals surface area contributed by atoms with E-state index in [2.05, 4.69) is 22.4 Å². The van der Waals surface area contributed by atoms with Gasteiger partial charge in [0.15, 0.2) is 0 Å². The van der Waals surface area contributed by atoms with Crippen molar-refractivity contribution in [2.45, 2.75) is 20.0 Å². The molecule has 2 rings (SSSR count). The van der Waals surface area contributed by atoms with Crippen LogP contribution in [-0.2, 0) is 20.1 Å². The predicted octanol–water partition coefficient (Wildman–Crippen LogP) is 1.67. The molecule has 0 aromatic carbocycles. The second-order valence-electron chi connectivity index (χ2n) is 3.39. The van der Waals surface area contributed by atoms with Gasteiger partial charge >= 0.3 is 0 Å². The van der Waals surface area contributed by atoms with Crippen LogP contribution >= 0.6 is 12.4 Å². The molecule has 0 fully saturated rings. The molecule has 0 bridgehead atoms. The van der Waals surface area contributed by atoms with E-state index in [-0.39, 0.29) is 12.4 Å². The highest BCUT2D eigenvalue weighted by atomic mass is 35.5. The molecule has 2 aromatic heterocycles. The van der Waals surface area contributed by atoms with Crippen LogP contribution in [0.25, 0.3) is 0 Å². The van der Waals surface area contributed by atoms with Crippen LogP contribution in [-0.4, -0.2) is 19.6 Å². The van der Waals surface area contributed by atoms with Crippen LogP contribution in [0.15, 0.2) is 24.7 Å². The Morgan fingerprint density at radius 3 is 2.81 bits per heavy atom. The number of rotatable bonds is 4. The molecule has 0 atom stereocenters. The van der Waals surface area contributed by atoms with Gasteiger partial charge in [-0.05, 0) is 13.0 Å². The summed E-state index contributed by atoms with van der Waals surface area (Å²) in [7, 11) is 1.90. The first-order chi connectivity index (χ1) is 7.29. The lowest BCUT2D eigenvalue weighted by molar-refractivity contribution is 0.627. The van der Waals surface area contributed by atoms with E-state index in [1.807, 2.05) is 36.4 Å². The van der Waals surface area contributed by atoms with Crippen molar-refractivity contribution in [2.24, 2.45) is 7.05 Å². The fraction of sp³-hybridized carbons (Fsp3) is 0.400. The average molecular weight is 242 g/mol. The first-order valence-corrected chi connectivity index (χ1v) is 5.03. The Hall–Kier alpha value is -1.49. The van der Waals surface area contributed by atoms with Crippen LogP contribution in [0.3, 0.4) is 0 Å². The summed E-state index contributed by atoms with van der Waals surface area (Å²) in [4.78, 5) is 0. The molecule has 2 heterocycles. The highest BCUT2D eigenvalue weighted by molar-refractivity contribution is 5.85. The average Bonchev–Trinajstić information content (AvgIpc) is 2.83. The van der Waals surface area contributed by atoms with Crippen molar-refractivity contribution >= 4 is 18.1 Å². The molecule has 6 heteroatoms. The summed E-state index contributed by atoms with van der Waals surface area (Å²) in [6.07, 6.45) is 5.59. The van der Waals surface area contributed by atoms with Crippen LogP contribution in [0.2, 0.25) is 0 Å². The zero-order chi connectivity index (χ0) is 10.7. The van der Waals surface area contributed by atoms with E-state index in [1.165, 1.54) is 5.69 Å². The molecular weight excluding hydrogens is 226 g/mol. The summed E-state index contributed by atoms with van der Waals surface area (Å²) in [6, 6.07) is 2.02. The lowest BCUT2D eigenvalue weighted by atomic mass is 10.4. The van der Waals surface area contributed by atoms with Gasteiger partial charge in [0.2, 0.25) is 0 Å². The van der Waals surface area contributed by atoms with Gasteiger partial charge in [0.25, 0.3) is 0 Å². The fourth-order valence-electron chi connectivity index (χ4n) is 1.50. The third kappa shape index (κ3) is 2.76. The van der Waals surface area contributed by atoms with Crippen molar-refractivity contribution in [3.05, 3.63) is 30.4 Å². The zero-order valence-electron chi connectivity index (χ0n) is 9.42. The molecule has 0 aliphatic heterocycles.